The highest BCUT2D eigenvalue weighted by atomic mass is 35.5. The molecule has 3 heterocycles. The van der Waals surface area contributed by atoms with Gasteiger partial charge in [-0.1, -0.05) is 46.7 Å². The van der Waals surface area contributed by atoms with Crippen molar-refractivity contribution < 1.29 is 19.4 Å². The predicted molar refractivity (Wildman–Crippen MR) is 131 cm³/mol. The maximum atomic E-state index is 12.6. The van der Waals surface area contributed by atoms with E-state index >= 15 is 0 Å². The van der Waals surface area contributed by atoms with Crippen molar-refractivity contribution in [3.8, 4) is 5.75 Å². The number of ether oxygens (including phenoxy) is 1. The summed E-state index contributed by atoms with van der Waals surface area (Å²) < 4.78 is 5.18. The Balaban J connectivity index is 1.24. The number of aromatic carboxylic acids is 1. The molecule has 0 radical (unpaired) electrons. The number of carbonyl (C=O) groups excluding carboxylic acids is 1. The Morgan fingerprint density at radius 1 is 1.24 bits per heavy atom. The summed E-state index contributed by atoms with van der Waals surface area (Å²) in [5.74, 6) is 0.0810. The van der Waals surface area contributed by atoms with E-state index in [0.717, 1.165) is 11.3 Å². The number of hydrogen-bond acceptors (Lipinski definition) is 6. The topological polar surface area (TPSA) is 108 Å². The Kier molecular flexibility index (Phi) is 5.95. The van der Waals surface area contributed by atoms with E-state index in [1.807, 2.05) is 24.3 Å². The largest absolute Gasteiger partial charge is 0.497 e. The maximum absolute atomic E-state index is 12.6. The van der Waals surface area contributed by atoms with Crippen molar-refractivity contribution in [2.24, 2.45) is 11.8 Å². The van der Waals surface area contributed by atoms with E-state index < -0.39 is 5.97 Å². The molecule has 8 nitrogen and oxygen atoms in total. The fraction of sp³-hybridized carbons (Fsp3) is 0.348. The van der Waals surface area contributed by atoms with Crippen LogP contribution in [0.15, 0.2) is 24.3 Å². The third-order valence-electron chi connectivity index (χ3n) is 6.45. The second kappa shape index (κ2) is 8.79. The molecule has 178 valence electrons. The number of anilines is 1. The maximum Gasteiger partial charge on any atom is 0.347 e. The number of amides is 1. The molecular weight excluding hydrogens is 499 g/mol. The van der Waals surface area contributed by atoms with Gasteiger partial charge < -0.3 is 25.0 Å². The van der Waals surface area contributed by atoms with Crippen LogP contribution in [0.25, 0.3) is 0 Å². The molecule has 34 heavy (non-hydrogen) atoms. The first-order chi connectivity index (χ1) is 16.3. The zero-order chi connectivity index (χ0) is 24.1. The third-order valence-corrected chi connectivity index (χ3v) is 8.55. The number of thiazole rings is 1. The molecular formula is C23H22Cl2N4O4S. The van der Waals surface area contributed by atoms with E-state index in [4.69, 9.17) is 27.9 Å². The predicted octanol–water partition coefficient (Wildman–Crippen LogP) is 4.25. The Morgan fingerprint density at radius 3 is 2.47 bits per heavy atom. The first-order valence-corrected chi connectivity index (χ1v) is 12.3. The minimum atomic E-state index is -0.974. The van der Waals surface area contributed by atoms with Crippen LogP contribution in [0.2, 0.25) is 10.0 Å². The summed E-state index contributed by atoms with van der Waals surface area (Å²) >= 11 is 13.4. The van der Waals surface area contributed by atoms with Gasteiger partial charge in [0.25, 0.3) is 5.91 Å². The van der Waals surface area contributed by atoms with Crippen LogP contribution in [0.1, 0.15) is 37.1 Å². The molecule has 2 aromatic heterocycles. The lowest BCUT2D eigenvalue weighted by Gasteiger charge is -2.19. The van der Waals surface area contributed by atoms with Crippen LogP contribution in [0.3, 0.4) is 0 Å². The summed E-state index contributed by atoms with van der Waals surface area (Å²) in [6.07, 6.45) is 0.431. The first-order valence-electron chi connectivity index (χ1n) is 10.7. The summed E-state index contributed by atoms with van der Waals surface area (Å²) in [4.78, 5) is 34.4. The monoisotopic (exact) mass is 520 g/mol. The number of halogens is 2. The molecule has 11 heteroatoms. The van der Waals surface area contributed by atoms with Gasteiger partial charge in [-0.05, 0) is 24.6 Å². The summed E-state index contributed by atoms with van der Waals surface area (Å²) in [6.45, 7) is 3.18. The van der Waals surface area contributed by atoms with Gasteiger partial charge in [-0.2, -0.15) is 0 Å². The fourth-order valence-corrected chi connectivity index (χ4v) is 5.90. The quantitative estimate of drug-likeness (QED) is 0.429. The molecule has 1 aromatic carbocycles. The minimum absolute atomic E-state index is 0.0554. The lowest BCUT2D eigenvalue weighted by Crippen LogP contribution is -2.34. The van der Waals surface area contributed by atoms with Gasteiger partial charge in [-0.25, -0.2) is 9.78 Å². The highest BCUT2D eigenvalue weighted by Crippen LogP contribution is 2.48. The number of aromatic amines is 1. The number of methoxy groups -OCH3 is 1. The number of fused-ring (bicyclic) bond motifs is 1. The Labute approximate surface area is 209 Å². The fourth-order valence-electron chi connectivity index (χ4n) is 4.55. The number of rotatable bonds is 7. The number of carboxylic acid groups (broad SMARTS) is 1. The summed E-state index contributed by atoms with van der Waals surface area (Å²) in [7, 11) is 1.60. The van der Waals surface area contributed by atoms with Gasteiger partial charge in [0.15, 0.2) is 5.13 Å². The van der Waals surface area contributed by atoms with Crippen LogP contribution < -0.4 is 15.0 Å². The molecule has 0 spiro atoms. The zero-order valence-electron chi connectivity index (χ0n) is 18.4. The molecule has 0 bridgehead atoms. The Bertz CT molecular complexity index is 1260. The molecule has 3 atom stereocenters. The van der Waals surface area contributed by atoms with Gasteiger partial charge in [0.05, 0.1) is 22.8 Å². The molecule has 1 saturated carbocycles. The number of benzene rings is 1. The number of aryl methyl sites for hydroxylation is 1. The summed E-state index contributed by atoms with van der Waals surface area (Å²) in [6, 6.07) is 7.57. The Hall–Kier alpha value is -2.75. The number of hydrogen-bond donors (Lipinski definition) is 3. The number of aromatic nitrogens is 2. The molecule has 1 aliphatic heterocycles. The van der Waals surface area contributed by atoms with Crippen molar-refractivity contribution in [1.29, 1.82) is 0 Å². The molecule has 1 unspecified atom stereocenters. The lowest BCUT2D eigenvalue weighted by molar-refractivity contribution is 0.0700. The molecule has 2 aliphatic rings. The number of piperidine rings is 1. The highest BCUT2D eigenvalue weighted by Gasteiger charge is 2.57. The average molecular weight is 521 g/mol. The van der Waals surface area contributed by atoms with Crippen molar-refractivity contribution in [3.05, 3.63) is 61.8 Å². The standard InChI is InChI=1S/C23H22Cl2N4O4S/c1-10-16(24)17(25)19(26-10)21(30)28-18-13-8-29(9-14(13)18)23-27-15(20(34-23)22(31)32)7-11-3-5-12(33-2)6-4-11/h3-6,13-14,18,26H,7-9H2,1-2H3,(H,28,30)(H,31,32)/t13-,14+,18?. The van der Waals surface area contributed by atoms with Gasteiger partial charge in [-0.15, -0.1) is 0 Å². The first kappa shape index (κ1) is 23.0. The molecule has 3 N–H and O–H groups in total. The minimum Gasteiger partial charge on any atom is -0.497 e. The second-order valence-electron chi connectivity index (χ2n) is 8.59. The van der Waals surface area contributed by atoms with Crippen LogP contribution in [0.5, 0.6) is 5.75 Å². The summed E-state index contributed by atoms with van der Waals surface area (Å²) in [5.41, 5.74) is 2.45. The van der Waals surface area contributed by atoms with Crippen LogP contribution in [0.4, 0.5) is 5.13 Å². The van der Waals surface area contributed by atoms with Gasteiger partial charge in [0, 0.05) is 43.1 Å². The highest BCUT2D eigenvalue weighted by molar-refractivity contribution is 7.17. The van der Waals surface area contributed by atoms with Gasteiger partial charge >= 0.3 is 5.97 Å². The van der Waals surface area contributed by atoms with Crippen LogP contribution in [0, 0.1) is 18.8 Å². The van der Waals surface area contributed by atoms with Crippen LogP contribution in [-0.2, 0) is 6.42 Å². The number of H-pyrrole nitrogens is 1. The van der Waals surface area contributed by atoms with Gasteiger partial charge in [0.1, 0.15) is 16.3 Å². The number of nitrogens with zero attached hydrogens (tertiary/aromatic N) is 2. The number of nitrogens with one attached hydrogen (secondary N) is 2. The smallest absolute Gasteiger partial charge is 0.347 e. The molecule has 1 amide bonds. The third kappa shape index (κ3) is 4.12. The molecule has 1 aliphatic carbocycles. The van der Waals surface area contributed by atoms with E-state index in [0.29, 0.717) is 41.1 Å². The van der Waals surface area contributed by atoms with Crippen molar-refractivity contribution in [3.63, 3.8) is 0 Å². The number of carboxylic acids is 1. The van der Waals surface area contributed by atoms with E-state index in [-0.39, 0.29) is 39.4 Å². The molecule has 3 aromatic rings. The van der Waals surface area contributed by atoms with Gasteiger partial charge in [-0.3, -0.25) is 4.79 Å². The van der Waals surface area contributed by atoms with Crippen molar-refractivity contribution in [2.45, 2.75) is 19.4 Å². The van der Waals surface area contributed by atoms with E-state index in [1.54, 1.807) is 14.0 Å². The SMILES string of the molecule is COc1ccc(Cc2nc(N3C[C@@H]4C(NC(=O)c5[nH]c(C)c(Cl)c5Cl)[C@@H]4C3)sc2C(=O)O)cc1. The van der Waals surface area contributed by atoms with Crippen molar-refractivity contribution in [2.75, 3.05) is 25.1 Å². The molecule has 1 saturated heterocycles. The summed E-state index contributed by atoms with van der Waals surface area (Å²) in [5, 5.41) is 14.0. The van der Waals surface area contributed by atoms with Crippen molar-refractivity contribution >= 4 is 51.5 Å². The number of carbonyl (C=O) groups is 2. The second-order valence-corrected chi connectivity index (χ2v) is 10.3. The van der Waals surface area contributed by atoms with Gasteiger partial charge in [0.2, 0.25) is 0 Å². The average Bonchev–Trinajstić information content (AvgIpc) is 3.19. The van der Waals surface area contributed by atoms with E-state index in [9.17, 15) is 14.7 Å². The Morgan fingerprint density at radius 2 is 1.91 bits per heavy atom. The zero-order valence-corrected chi connectivity index (χ0v) is 20.7. The van der Waals surface area contributed by atoms with E-state index in [2.05, 4.69) is 20.2 Å². The van der Waals surface area contributed by atoms with E-state index in [1.165, 1.54) is 11.3 Å². The molecule has 2 fully saturated rings. The molecule has 5 rings (SSSR count). The van der Waals surface area contributed by atoms with Crippen LogP contribution in [-0.4, -0.2) is 53.2 Å². The normalized spacial score (nSPS) is 20.8. The van der Waals surface area contributed by atoms with Crippen LogP contribution >= 0.6 is 34.5 Å². The van der Waals surface area contributed by atoms with Crippen molar-refractivity contribution in [1.82, 2.24) is 15.3 Å². The lowest BCUT2D eigenvalue weighted by atomic mass is 10.1.